The minimum Gasteiger partial charge on any atom is -0.331 e. The van der Waals surface area contributed by atoms with E-state index in [1.54, 1.807) is 39.9 Å². The molecule has 1 unspecified atom stereocenters. The van der Waals surface area contributed by atoms with Crippen molar-refractivity contribution in [1.29, 1.82) is 0 Å². The predicted molar refractivity (Wildman–Crippen MR) is 81.5 cm³/mol. The minimum absolute atomic E-state index is 0.149. The molecule has 0 saturated carbocycles. The van der Waals surface area contributed by atoms with E-state index in [2.05, 4.69) is 25.8 Å². The molecule has 0 aromatic carbocycles. The number of hydrogen-bond acceptors (Lipinski definition) is 4. The fraction of sp³-hybridized carbons (Fsp3) is 0.286. The van der Waals surface area contributed by atoms with Crippen molar-refractivity contribution < 1.29 is 4.79 Å². The highest BCUT2D eigenvalue weighted by molar-refractivity contribution is 5.88. The largest absolute Gasteiger partial charge is 0.331 e. The molecule has 114 valence electrons. The Balaban J connectivity index is 1.72. The van der Waals surface area contributed by atoms with E-state index >= 15 is 0 Å². The molecule has 0 aliphatic rings. The van der Waals surface area contributed by atoms with Gasteiger partial charge < -0.3 is 5.32 Å². The van der Waals surface area contributed by atoms with E-state index in [1.165, 1.54) is 0 Å². The number of rotatable bonds is 3. The van der Waals surface area contributed by atoms with Gasteiger partial charge in [0.15, 0.2) is 5.65 Å². The maximum atomic E-state index is 12.2. The lowest BCUT2D eigenvalue weighted by molar-refractivity contribution is 0.249. The highest BCUT2D eigenvalue weighted by atomic mass is 16.2. The minimum atomic E-state index is -0.307. The molecule has 0 fully saturated rings. The Morgan fingerprint density at radius 3 is 2.82 bits per heavy atom. The first kappa shape index (κ1) is 14.1. The summed E-state index contributed by atoms with van der Waals surface area (Å²) in [5.74, 6) is 0.558. The number of anilines is 1. The van der Waals surface area contributed by atoms with Crippen molar-refractivity contribution >= 4 is 17.5 Å². The standard InChI is InChI=1S/C14H17N7O/c1-9(11-8-17-20(3)10(11)2)18-14(22)19-13-4-6-15-12-5-7-16-21(12)13/h4-9H,1-3H3,(H2,18,19,22). The summed E-state index contributed by atoms with van der Waals surface area (Å²) in [6.07, 6.45) is 5.02. The van der Waals surface area contributed by atoms with Crippen LogP contribution in [0.2, 0.25) is 0 Å². The zero-order chi connectivity index (χ0) is 15.7. The molecule has 0 saturated heterocycles. The van der Waals surface area contributed by atoms with Crippen LogP contribution in [0.4, 0.5) is 10.6 Å². The summed E-state index contributed by atoms with van der Waals surface area (Å²) >= 11 is 0. The third kappa shape index (κ3) is 2.50. The fourth-order valence-electron chi connectivity index (χ4n) is 2.30. The summed E-state index contributed by atoms with van der Waals surface area (Å²) in [5.41, 5.74) is 2.68. The number of nitrogens with one attached hydrogen (secondary N) is 2. The molecular weight excluding hydrogens is 282 g/mol. The van der Waals surface area contributed by atoms with Crippen LogP contribution in [0.15, 0.2) is 30.7 Å². The van der Waals surface area contributed by atoms with Crippen LogP contribution in [0.25, 0.3) is 5.65 Å². The van der Waals surface area contributed by atoms with Gasteiger partial charge in [-0.3, -0.25) is 10.00 Å². The maximum Gasteiger partial charge on any atom is 0.320 e. The summed E-state index contributed by atoms with van der Waals surface area (Å²) in [6.45, 7) is 3.88. The zero-order valence-corrected chi connectivity index (χ0v) is 12.6. The summed E-state index contributed by atoms with van der Waals surface area (Å²) in [5, 5.41) is 14.0. The molecule has 3 rings (SSSR count). The van der Waals surface area contributed by atoms with Crippen molar-refractivity contribution in [2.45, 2.75) is 19.9 Å². The Kier molecular flexibility index (Phi) is 3.50. The van der Waals surface area contributed by atoms with Crippen molar-refractivity contribution in [3.63, 3.8) is 0 Å². The van der Waals surface area contributed by atoms with E-state index in [4.69, 9.17) is 0 Å². The first-order valence-electron chi connectivity index (χ1n) is 6.91. The molecule has 1 atom stereocenters. The molecule has 0 radical (unpaired) electrons. The molecule has 0 spiro atoms. The van der Waals surface area contributed by atoms with Crippen molar-refractivity contribution in [1.82, 2.24) is 29.7 Å². The molecule has 8 heteroatoms. The van der Waals surface area contributed by atoms with Gasteiger partial charge in [-0.1, -0.05) is 0 Å². The molecule has 3 heterocycles. The summed E-state index contributed by atoms with van der Waals surface area (Å²) in [6, 6.07) is 3.01. The zero-order valence-electron chi connectivity index (χ0n) is 12.6. The third-order valence-electron chi connectivity index (χ3n) is 3.62. The molecular formula is C14H17N7O. The van der Waals surface area contributed by atoms with E-state index in [0.717, 1.165) is 11.3 Å². The number of carbonyl (C=O) groups excluding carboxylic acids is 1. The smallest absolute Gasteiger partial charge is 0.320 e. The second-order valence-electron chi connectivity index (χ2n) is 5.06. The monoisotopic (exact) mass is 299 g/mol. The lowest BCUT2D eigenvalue weighted by Gasteiger charge is -2.14. The van der Waals surface area contributed by atoms with Crippen LogP contribution in [-0.4, -0.2) is 30.4 Å². The molecule has 0 bridgehead atoms. The maximum absolute atomic E-state index is 12.2. The molecule has 3 aromatic heterocycles. The van der Waals surface area contributed by atoms with Gasteiger partial charge in [0, 0.05) is 30.6 Å². The molecule has 2 amide bonds. The average molecular weight is 299 g/mol. The topological polar surface area (TPSA) is 89.1 Å². The third-order valence-corrected chi connectivity index (χ3v) is 3.62. The molecule has 22 heavy (non-hydrogen) atoms. The van der Waals surface area contributed by atoms with E-state index in [9.17, 15) is 4.79 Å². The van der Waals surface area contributed by atoms with Crippen LogP contribution < -0.4 is 10.6 Å². The first-order chi connectivity index (χ1) is 10.6. The van der Waals surface area contributed by atoms with Gasteiger partial charge in [0.2, 0.25) is 0 Å². The van der Waals surface area contributed by atoms with E-state index in [-0.39, 0.29) is 12.1 Å². The Labute approximate surface area is 127 Å². The Morgan fingerprint density at radius 1 is 1.27 bits per heavy atom. The van der Waals surface area contributed by atoms with Gasteiger partial charge in [-0.25, -0.2) is 9.78 Å². The summed E-state index contributed by atoms with van der Waals surface area (Å²) in [4.78, 5) is 16.3. The van der Waals surface area contributed by atoms with Crippen molar-refractivity contribution in [2.75, 3.05) is 5.32 Å². The first-order valence-corrected chi connectivity index (χ1v) is 6.91. The van der Waals surface area contributed by atoms with Gasteiger partial charge in [0.1, 0.15) is 5.82 Å². The molecule has 2 N–H and O–H groups in total. The van der Waals surface area contributed by atoms with Gasteiger partial charge in [-0.2, -0.15) is 14.7 Å². The molecule has 3 aromatic rings. The number of urea groups is 1. The van der Waals surface area contributed by atoms with Crippen LogP contribution in [0.1, 0.15) is 24.2 Å². The second kappa shape index (κ2) is 5.47. The van der Waals surface area contributed by atoms with Crippen LogP contribution in [0, 0.1) is 6.92 Å². The lowest BCUT2D eigenvalue weighted by atomic mass is 10.1. The normalized spacial score (nSPS) is 12.3. The number of hydrogen-bond donors (Lipinski definition) is 2. The van der Waals surface area contributed by atoms with Gasteiger partial charge in [0.05, 0.1) is 18.4 Å². The number of amides is 2. The summed E-state index contributed by atoms with van der Waals surface area (Å²) < 4.78 is 3.35. The van der Waals surface area contributed by atoms with E-state index in [1.807, 2.05) is 20.9 Å². The van der Waals surface area contributed by atoms with Crippen molar-refractivity contribution in [3.8, 4) is 0 Å². The predicted octanol–water partition coefficient (Wildman–Crippen LogP) is 1.65. The van der Waals surface area contributed by atoms with Gasteiger partial charge in [-0.15, -0.1) is 0 Å². The number of aryl methyl sites for hydroxylation is 1. The molecule has 0 aliphatic carbocycles. The SMILES string of the molecule is Cc1c(C(C)NC(=O)Nc2ccnc3ccnn23)cnn1C. The fourth-order valence-corrected chi connectivity index (χ4v) is 2.30. The van der Waals surface area contributed by atoms with Gasteiger partial charge in [-0.05, 0) is 19.9 Å². The van der Waals surface area contributed by atoms with Crippen LogP contribution in [-0.2, 0) is 7.05 Å². The van der Waals surface area contributed by atoms with Crippen LogP contribution >= 0.6 is 0 Å². The Morgan fingerprint density at radius 2 is 2.09 bits per heavy atom. The van der Waals surface area contributed by atoms with Gasteiger partial charge in [0.25, 0.3) is 0 Å². The van der Waals surface area contributed by atoms with E-state index in [0.29, 0.717) is 11.5 Å². The molecule has 0 aliphatic heterocycles. The number of fused-ring (bicyclic) bond motifs is 1. The Hall–Kier alpha value is -2.90. The quantitative estimate of drug-likeness (QED) is 0.769. The van der Waals surface area contributed by atoms with Crippen LogP contribution in [0.3, 0.4) is 0 Å². The van der Waals surface area contributed by atoms with Gasteiger partial charge >= 0.3 is 6.03 Å². The number of aromatic nitrogens is 5. The second-order valence-corrected chi connectivity index (χ2v) is 5.06. The highest BCUT2D eigenvalue weighted by Gasteiger charge is 2.15. The number of carbonyl (C=O) groups is 1. The van der Waals surface area contributed by atoms with Crippen molar-refractivity contribution in [2.24, 2.45) is 7.05 Å². The average Bonchev–Trinajstić information content (AvgIpc) is 3.07. The molecule has 8 nitrogen and oxygen atoms in total. The van der Waals surface area contributed by atoms with E-state index < -0.39 is 0 Å². The number of nitrogens with zero attached hydrogens (tertiary/aromatic N) is 5. The Bertz CT molecular complexity index is 820. The summed E-state index contributed by atoms with van der Waals surface area (Å²) in [7, 11) is 1.87. The lowest BCUT2D eigenvalue weighted by Crippen LogP contribution is -2.32. The van der Waals surface area contributed by atoms with Crippen molar-refractivity contribution in [3.05, 3.63) is 42.0 Å². The highest BCUT2D eigenvalue weighted by Crippen LogP contribution is 2.16. The van der Waals surface area contributed by atoms with Crippen LogP contribution in [0.5, 0.6) is 0 Å².